The second kappa shape index (κ2) is 13.1. The summed E-state index contributed by atoms with van der Waals surface area (Å²) in [6.45, 7) is 0. The summed E-state index contributed by atoms with van der Waals surface area (Å²) in [6, 6.07) is 73.1. The lowest BCUT2D eigenvalue weighted by molar-refractivity contribution is 1.17. The maximum Gasteiger partial charge on any atom is 0.160 e. The van der Waals surface area contributed by atoms with Crippen molar-refractivity contribution in [1.29, 1.82) is 0 Å². The maximum atomic E-state index is 5.11. The Labute approximate surface area is 324 Å². The Kier molecular flexibility index (Phi) is 7.46. The Morgan fingerprint density at radius 2 is 0.714 bits per heavy atom. The van der Waals surface area contributed by atoms with Gasteiger partial charge in [-0.3, -0.25) is 0 Å². The SMILES string of the molecule is c1ccc(-c2cc(-c3ccccc3)nc(-c3cccc(-c4cccc(-n5c6ccccc6c6c7c8ccccc8n(-c8ccccc8)c7ccc65)c4)c3)n2)cc1. The van der Waals surface area contributed by atoms with Gasteiger partial charge in [0.15, 0.2) is 5.82 Å². The summed E-state index contributed by atoms with van der Waals surface area (Å²) in [5.74, 6) is 0.698. The third-order valence-corrected chi connectivity index (χ3v) is 10.9. The summed E-state index contributed by atoms with van der Waals surface area (Å²) in [4.78, 5) is 10.2. The van der Waals surface area contributed by atoms with Crippen LogP contribution in [0, 0.1) is 0 Å². The first-order valence-electron chi connectivity index (χ1n) is 19.0. The Hall–Kier alpha value is -7.56. The van der Waals surface area contributed by atoms with E-state index in [-0.39, 0.29) is 0 Å². The molecule has 0 unspecified atom stereocenters. The molecule has 0 amide bonds. The molecule has 4 heteroatoms. The second-order valence-electron chi connectivity index (χ2n) is 14.2. The molecule has 11 rings (SSSR count). The van der Waals surface area contributed by atoms with Gasteiger partial charge in [0.1, 0.15) is 0 Å². The van der Waals surface area contributed by atoms with E-state index in [2.05, 4.69) is 203 Å². The van der Waals surface area contributed by atoms with E-state index in [1.807, 2.05) is 12.1 Å². The van der Waals surface area contributed by atoms with Crippen LogP contribution in [0.2, 0.25) is 0 Å². The molecule has 0 radical (unpaired) electrons. The van der Waals surface area contributed by atoms with Crippen LogP contribution in [-0.2, 0) is 0 Å². The Bertz CT molecular complexity index is 3170. The van der Waals surface area contributed by atoms with E-state index in [0.717, 1.165) is 50.6 Å². The van der Waals surface area contributed by atoms with Crippen molar-refractivity contribution in [3.8, 4) is 56.4 Å². The highest BCUT2D eigenvalue weighted by Crippen LogP contribution is 2.42. The van der Waals surface area contributed by atoms with Crippen LogP contribution >= 0.6 is 0 Å². The van der Waals surface area contributed by atoms with Gasteiger partial charge in [-0.05, 0) is 71.8 Å². The van der Waals surface area contributed by atoms with Gasteiger partial charge in [-0.2, -0.15) is 0 Å². The summed E-state index contributed by atoms with van der Waals surface area (Å²) in [5, 5.41) is 5.02. The molecule has 3 aromatic heterocycles. The molecule has 0 saturated carbocycles. The van der Waals surface area contributed by atoms with Crippen molar-refractivity contribution in [2.45, 2.75) is 0 Å². The highest BCUT2D eigenvalue weighted by Gasteiger charge is 2.20. The van der Waals surface area contributed by atoms with Crippen molar-refractivity contribution in [3.05, 3.63) is 206 Å². The first kappa shape index (κ1) is 31.9. The smallest absolute Gasteiger partial charge is 0.160 e. The van der Waals surface area contributed by atoms with Crippen molar-refractivity contribution < 1.29 is 0 Å². The Balaban J connectivity index is 1.07. The first-order chi connectivity index (χ1) is 27.8. The van der Waals surface area contributed by atoms with Gasteiger partial charge in [-0.15, -0.1) is 0 Å². The predicted molar refractivity (Wildman–Crippen MR) is 232 cm³/mol. The van der Waals surface area contributed by atoms with E-state index in [4.69, 9.17) is 9.97 Å². The molecular formula is C52H34N4. The van der Waals surface area contributed by atoms with Gasteiger partial charge in [0.05, 0.1) is 33.5 Å². The van der Waals surface area contributed by atoms with E-state index in [1.54, 1.807) is 0 Å². The van der Waals surface area contributed by atoms with E-state index < -0.39 is 0 Å². The molecule has 0 bridgehead atoms. The van der Waals surface area contributed by atoms with Gasteiger partial charge in [-0.25, -0.2) is 9.97 Å². The van der Waals surface area contributed by atoms with E-state index in [9.17, 15) is 0 Å². The molecule has 0 saturated heterocycles. The fraction of sp³-hybridized carbons (Fsp3) is 0. The number of hydrogen-bond acceptors (Lipinski definition) is 2. The molecule has 0 fully saturated rings. The van der Waals surface area contributed by atoms with Crippen molar-refractivity contribution in [2.75, 3.05) is 0 Å². The number of para-hydroxylation sites is 3. The van der Waals surface area contributed by atoms with Gasteiger partial charge in [-0.1, -0.05) is 146 Å². The van der Waals surface area contributed by atoms with Crippen LogP contribution in [0.25, 0.3) is 100 Å². The number of fused-ring (bicyclic) bond motifs is 7. The molecule has 8 aromatic carbocycles. The minimum absolute atomic E-state index is 0.698. The van der Waals surface area contributed by atoms with Crippen LogP contribution in [-0.4, -0.2) is 19.1 Å². The van der Waals surface area contributed by atoms with E-state index in [1.165, 1.54) is 43.6 Å². The van der Waals surface area contributed by atoms with Crippen LogP contribution in [0.5, 0.6) is 0 Å². The lowest BCUT2D eigenvalue weighted by atomic mass is 10.0. The molecule has 0 aliphatic carbocycles. The second-order valence-corrected chi connectivity index (χ2v) is 14.2. The molecule has 262 valence electrons. The van der Waals surface area contributed by atoms with E-state index in [0.29, 0.717) is 5.82 Å². The fourth-order valence-electron chi connectivity index (χ4n) is 8.40. The van der Waals surface area contributed by atoms with Crippen LogP contribution in [0.3, 0.4) is 0 Å². The lowest BCUT2D eigenvalue weighted by Gasteiger charge is -2.12. The molecular weight excluding hydrogens is 681 g/mol. The monoisotopic (exact) mass is 714 g/mol. The average molecular weight is 715 g/mol. The third kappa shape index (κ3) is 5.23. The standard InChI is InChI=1S/C52H34N4/c1-4-16-35(17-5-1)44-34-45(36-18-6-2-7-19-36)54-52(53-44)39-22-14-20-37(32-39)38-21-15-25-41(33-38)56-47-29-13-11-27-43(47)51-49(56)31-30-48-50(51)42-26-10-12-28-46(42)55(48)40-23-8-3-9-24-40/h1-34H. The van der Waals surface area contributed by atoms with Crippen molar-refractivity contribution in [1.82, 2.24) is 19.1 Å². The van der Waals surface area contributed by atoms with Crippen LogP contribution in [0.15, 0.2) is 206 Å². The van der Waals surface area contributed by atoms with Crippen LogP contribution in [0.1, 0.15) is 0 Å². The van der Waals surface area contributed by atoms with E-state index >= 15 is 0 Å². The molecule has 4 nitrogen and oxygen atoms in total. The zero-order valence-corrected chi connectivity index (χ0v) is 30.4. The molecule has 0 N–H and O–H groups in total. The maximum absolute atomic E-state index is 5.11. The highest BCUT2D eigenvalue weighted by atomic mass is 15.0. The quantitative estimate of drug-likeness (QED) is 0.172. The number of aromatic nitrogens is 4. The fourth-order valence-corrected chi connectivity index (χ4v) is 8.40. The molecule has 56 heavy (non-hydrogen) atoms. The molecule has 0 aliphatic rings. The molecule has 0 atom stereocenters. The molecule has 11 aromatic rings. The number of nitrogens with zero attached hydrogens (tertiary/aromatic N) is 4. The largest absolute Gasteiger partial charge is 0.309 e. The average Bonchev–Trinajstić information content (AvgIpc) is 3.80. The zero-order valence-electron chi connectivity index (χ0n) is 30.4. The Morgan fingerprint density at radius 1 is 0.286 bits per heavy atom. The predicted octanol–water partition coefficient (Wildman–Crippen LogP) is 13.3. The summed E-state index contributed by atoms with van der Waals surface area (Å²) >= 11 is 0. The Morgan fingerprint density at radius 3 is 1.30 bits per heavy atom. The molecule has 3 heterocycles. The van der Waals surface area contributed by atoms with Crippen LogP contribution in [0.4, 0.5) is 0 Å². The number of hydrogen-bond donors (Lipinski definition) is 0. The molecule has 0 aliphatic heterocycles. The normalized spacial score (nSPS) is 11.6. The van der Waals surface area contributed by atoms with Gasteiger partial charge in [0.25, 0.3) is 0 Å². The highest BCUT2D eigenvalue weighted by molar-refractivity contribution is 6.28. The summed E-state index contributed by atoms with van der Waals surface area (Å²) in [5.41, 5.74) is 14.1. The van der Waals surface area contributed by atoms with Gasteiger partial charge in [0, 0.05) is 49.6 Å². The third-order valence-electron chi connectivity index (χ3n) is 10.9. The zero-order chi connectivity index (χ0) is 37.0. The summed E-state index contributed by atoms with van der Waals surface area (Å²) < 4.78 is 4.82. The first-order valence-corrected chi connectivity index (χ1v) is 19.0. The summed E-state index contributed by atoms with van der Waals surface area (Å²) in [6.07, 6.45) is 0. The topological polar surface area (TPSA) is 35.6 Å². The summed E-state index contributed by atoms with van der Waals surface area (Å²) in [7, 11) is 0. The lowest BCUT2D eigenvalue weighted by Crippen LogP contribution is -1.96. The minimum Gasteiger partial charge on any atom is -0.309 e. The van der Waals surface area contributed by atoms with Gasteiger partial charge < -0.3 is 9.13 Å². The number of rotatable bonds is 6. The number of benzene rings is 8. The van der Waals surface area contributed by atoms with Crippen LogP contribution < -0.4 is 0 Å². The van der Waals surface area contributed by atoms with Gasteiger partial charge in [0.2, 0.25) is 0 Å². The van der Waals surface area contributed by atoms with Crippen molar-refractivity contribution >= 4 is 43.6 Å². The van der Waals surface area contributed by atoms with Crippen molar-refractivity contribution in [2.24, 2.45) is 0 Å². The molecule has 0 spiro atoms. The van der Waals surface area contributed by atoms with Gasteiger partial charge >= 0.3 is 0 Å². The van der Waals surface area contributed by atoms with Crippen molar-refractivity contribution in [3.63, 3.8) is 0 Å². The minimum atomic E-state index is 0.698.